The van der Waals surface area contributed by atoms with Gasteiger partial charge in [0.15, 0.2) is 12.4 Å². The maximum Gasteiger partial charge on any atom is 0.306 e. The highest BCUT2D eigenvalue weighted by Crippen LogP contribution is 2.23. The van der Waals surface area contributed by atoms with Gasteiger partial charge in [0, 0.05) is 12.8 Å². The molecule has 0 aromatic rings. The van der Waals surface area contributed by atoms with Gasteiger partial charge < -0.3 is 39.4 Å². The van der Waals surface area contributed by atoms with Gasteiger partial charge in [-0.2, -0.15) is 0 Å². The summed E-state index contributed by atoms with van der Waals surface area (Å²) in [7, 11) is 0. The van der Waals surface area contributed by atoms with E-state index in [1.807, 2.05) is 0 Å². The molecule has 1 rings (SSSR count). The van der Waals surface area contributed by atoms with E-state index >= 15 is 0 Å². The molecule has 0 aromatic carbocycles. The molecule has 1 aliphatic heterocycles. The number of ether oxygens (including phenoxy) is 4. The monoisotopic (exact) mass is 839 g/mol. The van der Waals surface area contributed by atoms with Crippen LogP contribution in [-0.2, 0) is 28.5 Å². The summed E-state index contributed by atoms with van der Waals surface area (Å²) in [6.45, 7) is 3.42. The van der Waals surface area contributed by atoms with Gasteiger partial charge in [-0.15, -0.1) is 0 Å². The first-order valence-corrected chi connectivity index (χ1v) is 24.4. The van der Waals surface area contributed by atoms with Crippen LogP contribution in [0.5, 0.6) is 0 Å². The first-order chi connectivity index (χ1) is 28.8. The van der Waals surface area contributed by atoms with Crippen LogP contribution in [0.25, 0.3) is 0 Å². The van der Waals surface area contributed by atoms with Gasteiger partial charge in [0.2, 0.25) is 0 Å². The predicted molar refractivity (Wildman–Crippen MR) is 238 cm³/mol. The number of hydrogen-bond acceptors (Lipinski definition) is 10. The quantitative estimate of drug-likeness (QED) is 0.0266. The highest BCUT2D eigenvalue weighted by molar-refractivity contribution is 5.70. The lowest BCUT2D eigenvalue weighted by Gasteiger charge is -2.39. The summed E-state index contributed by atoms with van der Waals surface area (Å²) in [4.78, 5) is 25.4. The van der Waals surface area contributed by atoms with Crippen molar-refractivity contribution in [1.82, 2.24) is 0 Å². The summed E-state index contributed by atoms with van der Waals surface area (Å²) < 4.78 is 22.2. The highest BCUT2D eigenvalue weighted by Gasteiger charge is 2.44. The molecule has 0 spiro atoms. The average Bonchev–Trinajstić information content (AvgIpc) is 3.23. The Hall–Kier alpha value is -1.82. The van der Waals surface area contributed by atoms with Crippen molar-refractivity contribution in [3.8, 4) is 0 Å². The van der Waals surface area contributed by atoms with Crippen LogP contribution in [0.2, 0.25) is 0 Å². The lowest BCUT2D eigenvalue weighted by molar-refractivity contribution is -0.305. The number of allylic oxidation sites excluding steroid dienone is 4. The van der Waals surface area contributed by atoms with E-state index in [0.717, 1.165) is 44.9 Å². The number of aliphatic hydroxyl groups excluding tert-OH is 4. The molecule has 0 bridgehead atoms. The Balaban J connectivity index is 2.29. The van der Waals surface area contributed by atoms with Gasteiger partial charge >= 0.3 is 11.9 Å². The molecule has 0 aliphatic carbocycles. The normalized spacial score (nSPS) is 20.1. The van der Waals surface area contributed by atoms with Crippen molar-refractivity contribution in [1.29, 1.82) is 0 Å². The van der Waals surface area contributed by atoms with Gasteiger partial charge in [0.05, 0.1) is 13.2 Å². The second kappa shape index (κ2) is 40.3. The van der Waals surface area contributed by atoms with Crippen LogP contribution in [0.1, 0.15) is 219 Å². The van der Waals surface area contributed by atoms with E-state index in [4.69, 9.17) is 18.9 Å². The fraction of sp³-hybridized carbons (Fsp3) is 0.878. The van der Waals surface area contributed by atoms with E-state index < -0.39 is 49.4 Å². The van der Waals surface area contributed by atoms with Crippen LogP contribution in [0.4, 0.5) is 0 Å². The van der Waals surface area contributed by atoms with Crippen molar-refractivity contribution in [3.05, 3.63) is 24.3 Å². The predicted octanol–water partition coefficient (Wildman–Crippen LogP) is 10.9. The lowest BCUT2D eigenvalue weighted by atomic mass is 9.99. The van der Waals surface area contributed by atoms with Crippen molar-refractivity contribution in [2.45, 2.75) is 256 Å². The second-order valence-corrected chi connectivity index (χ2v) is 16.9. The Labute approximate surface area is 360 Å². The van der Waals surface area contributed by atoms with E-state index in [-0.39, 0.29) is 32.0 Å². The molecule has 0 amide bonds. The average molecular weight is 839 g/mol. The molecule has 0 radical (unpaired) electrons. The molecule has 59 heavy (non-hydrogen) atoms. The molecule has 1 heterocycles. The van der Waals surface area contributed by atoms with E-state index in [1.54, 1.807) is 0 Å². The van der Waals surface area contributed by atoms with Crippen LogP contribution >= 0.6 is 0 Å². The third-order valence-corrected chi connectivity index (χ3v) is 11.3. The zero-order valence-electron chi connectivity index (χ0n) is 37.8. The van der Waals surface area contributed by atoms with Crippen LogP contribution in [0.3, 0.4) is 0 Å². The van der Waals surface area contributed by atoms with Crippen LogP contribution in [0, 0.1) is 0 Å². The number of esters is 2. The van der Waals surface area contributed by atoms with Gasteiger partial charge in [0.1, 0.15) is 31.0 Å². The zero-order valence-corrected chi connectivity index (χ0v) is 37.8. The summed E-state index contributed by atoms with van der Waals surface area (Å²) in [5.41, 5.74) is 0. The third kappa shape index (κ3) is 31.7. The maximum absolute atomic E-state index is 12.8. The number of hydrogen-bond donors (Lipinski definition) is 4. The fourth-order valence-corrected chi connectivity index (χ4v) is 7.41. The highest BCUT2D eigenvalue weighted by atomic mass is 16.7. The number of carbonyl (C=O) groups is 2. The summed E-state index contributed by atoms with van der Waals surface area (Å²) in [5.74, 6) is -0.827. The Morgan fingerprint density at radius 1 is 0.508 bits per heavy atom. The van der Waals surface area contributed by atoms with E-state index in [2.05, 4.69) is 38.2 Å². The Morgan fingerprint density at radius 3 is 1.36 bits per heavy atom. The minimum Gasteiger partial charge on any atom is -0.462 e. The Morgan fingerprint density at radius 2 is 0.898 bits per heavy atom. The molecule has 1 fully saturated rings. The molecule has 0 aromatic heterocycles. The Bertz CT molecular complexity index is 1020. The lowest BCUT2D eigenvalue weighted by Crippen LogP contribution is -2.59. The van der Waals surface area contributed by atoms with E-state index in [0.29, 0.717) is 6.42 Å². The first kappa shape index (κ1) is 55.2. The molecule has 10 heteroatoms. The van der Waals surface area contributed by atoms with Gasteiger partial charge in [0.25, 0.3) is 0 Å². The number of unbranched alkanes of at least 4 members (excludes halogenated alkanes) is 26. The van der Waals surface area contributed by atoms with E-state index in [9.17, 15) is 30.0 Å². The molecular formula is C49H90O10. The second-order valence-electron chi connectivity index (χ2n) is 16.9. The molecule has 4 N–H and O–H groups in total. The minimum atomic E-state index is -1.60. The number of rotatable bonds is 41. The van der Waals surface area contributed by atoms with Crippen molar-refractivity contribution in [2.24, 2.45) is 0 Å². The summed E-state index contributed by atoms with van der Waals surface area (Å²) in [6.07, 6.45) is 37.6. The Kier molecular flexibility index (Phi) is 37.7. The minimum absolute atomic E-state index is 0.202. The molecule has 0 saturated carbocycles. The summed E-state index contributed by atoms with van der Waals surface area (Å²) in [5, 5.41) is 40.1. The molecule has 346 valence electrons. The van der Waals surface area contributed by atoms with Crippen LogP contribution in [-0.4, -0.2) is 89.0 Å². The number of carbonyl (C=O) groups excluding carboxylic acids is 2. The standard InChI is InChI=1S/C49H90O10/c1-3-5-7-9-11-13-15-17-19-20-21-22-24-25-27-29-31-33-35-37-44(51)56-40-42(41-57-49-48(55)47(54)46(53)43(39-50)59-49)58-45(52)38-36-34-32-30-28-26-23-18-16-14-12-10-8-6-4-2/h17,19,28,30,42-43,46-50,53-55H,3-16,18,20-27,29,31-41H2,1-2H3/b19-17+,30-28+/t42-,43-,46+,47?,48?,49-/m0/s1. The molecular weight excluding hydrogens is 749 g/mol. The van der Waals surface area contributed by atoms with Crippen molar-refractivity contribution in [2.75, 3.05) is 19.8 Å². The largest absolute Gasteiger partial charge is 0.462 e. The van der Waals surface area contributed by atoms with Crippen LogP contribution in [0.15, 0.2) is 24.3 Å². The number of aliphatic hydroxyl groups is 4. The van der Waals surface area contributed by atoms with Crippen LogP contribution < -0.4 is 0 Å². The van der Waals surface area contributed by atoms with Gasteiger partial charge in [-0.1, -0.05) is 167 Å². The SMILES string of the molecule is CCCCCCCC/C=C/CCCCCCCCCCCC(=O)OC[C@@H](CO[C@H]1O[C@@H](CO)[C@@H](O)C(O)C1O)OC(=O)CCCC/C=C/CCCCCCCCCCC. The van der Waals surface area contributed by atoms with Crippen molar-refractivity contribution < 1.29 is 49.0 Å². The smallest absolute Gasteiger partial charge is 0.306 e. The summed E-state index contributed by atoms with van der Waals surface area (Å²) in [6, 6.07) is 0. The molecule has 1 aliphatic rings. The third-order valence-electron chi connectivity index (χ3n) is 11.3. The topological polar surface area (TPSA) is 152 Å². The molecule has 2 unspecified atom stereocenters. The maximum atomic E-state index is 12.8. The van der Waals surface area contributed by atoms with E-state index in [1.165, 1.54) is 141 Å². The van der Waals surface area contributed by atoms with Gasteiger partial charge in [-0.3, -0.25) is 9.59 Å². The fourth-order valence-electron chi connectivity index (χ4n) is 7.41. The van der Waals surface area contributed by atoms with Gasteiger partial charge in [-0.05, 0) is 64.2 Å². The zero-order chi connectivity index (χ0) is 43.0. The van der Waals surface area contributed by atoms with Crippen molar-refractivity contribution in [3.63, 3.8) is 0 Å². The molecule has 1 saturated heterocycles. The summed E-state index contributed by atoms with van der Waals surface area (Å²) >= 11 is 0. The van der Waals surface area contributed by atoms with Gasteiger partial charge in [-0.25, -0.2) is 0 Å². The van der Waals surface area contributed by atoms with Crippen molar-refractivity contribution >= 4 is 11.9 Å². The molecule has 10 nitrogen and oxygen atoms in total. The molecule has 6 atom stereocenters. The first-order valence-electron chi connectivity index (χ1n) is 24.4.